The highest BCUT2D eigenvalue weighted by molar-refractivity contribution is 7.99. The molecule has 0 aliphatic carbocycles. The first-order chi connectivity index (χ1) is 9.65. The number of ketones is 1. The Labute approximate surface area is 120 Å². The zero-order valence-electron chi connectivity index (χ0n) is 10.9. The van der Waals surface area contributed by atoms with Crippen LogP contribution in [0.5, 0.6) is 0 Å². The summed E-state index contributed by atoms with van der Waals surface area (Å²) in [7, 11) is 0. The Morgan fingerprint density at radius 2 is 1.80 bits per heavy atom. The van der Waals surface area contributed by atoms with E-state index < -0.39 is 0 Å². The van der Waals surface area contributed by atoms with Crippen molar-refractivity contribution in [3.05, 3.63) is 48.3 Å². The molecule has 102 valence electrons. The van der Waals surface area contributed by atoms with Gasteiger partial charge < -0.3 is 5.32 Å². The van der Waals surface area contributed by atoms with Gasteiger partial charge in [-0.15, -0.1) is 0 Å². The summed E-state index contributed by atoms with van der Waals surface area (Å²) in [5.74, 6) is 0.0936. The number of hydrogen-bond donors (Lipinski definition) is 1. The van der Waals surface area contributed by atoms with Gasteiger partial charge in [-0.3, -0.25) is 9.59 Å². The number of thioether (sulfide) groups is 1. The molecule has 1 N–H and O–H groups in total. The molecular formula is C14H13N3O2S. The van der Waals surface area contributed by atoms with E-state index in [0.29, 0.717) is 16.4 Å². The maximum atomic E-state index is 11.8. The molecule has 20 heavy (non-hydrogen) atoms. The summed E-state index contributed by atoms with van der Waals surface area (Å²) in [6, 6.07) is 8.51. The molecule has 0 bridgehead atoms. The van der Waals surface area contributed by atoms with Crippen molar-refractivity contribution in [1.82, 2.24) is 9.97 Å². The van der Waals surface area contributed by atoms with E-state index in [-0.39, 0.29) is 17.4 Å². The summed E-state index contributed by atoms with van der Waals surface area (Å²) in [6.07, 6.45) is 3.27. The zero-order chi connectivity index (χ0) is 14.4. The Morgan fingerprint density at radius 1 is 1.15 bits per heavy atom. The van der Waals surface area contributed by atoms with Gasteiger partial charge in [-0.25, -0.2) is 9.97 Å². The Kier molecular flexibility index (Phi) is 4.84. The molecule has 0 atom stereocenters. The van der Waals surface area contributed by atoms with Gasteiger partial charge in [0, 0.05) is 23.6 Å². The Balaban J connectivity index is 1.86. The van der Waals surface area contributed by atoms with E-state index in [9.17, 15) is 9.59 Å². The Morgan fingerprint density at radius 3 is 2.40 bits per heavy atom. The number of aromatic nitrogens is 2. The monoisotopic (exact) mass is 287 g/mol. The van der Waals surface area contributed by atoms with Gasteiger partial charge in [0.25, 0.3) is 0 Å². The molecule has 0 spiro atoms. The van der Waals surface area contributed by atoms with Crippen molar-refractivity contribution < 1.29 is 9.59 Å². The van der Waals surface area contributed by atoms with E-state index in [4.69, 9.17) is 0 Å². The van der Waals surface area contributed by atoms with Crippen molar-refractivity contribution >= 4 is 29.1 Å². The van der Waals surface area contributed by atoms with E-state index in [1.54, 1.807) is 42.7 Å². The van der Waals surface area contributed by atoms with Crippen LogP contribution in [0.4, 0.5) is 5.69 Å². The van der Waals surface area contributed by atoms with E-state index in [1.807, 2.05) is 0 Å². The summed E-state index contributed by atoms with van der Waals surface area (Å²) in [4.78, 5) is 30.9. The third-order valence-corrected chi connectivity index (χ3v) is 3.33. The maximum Gasteiger partial charge on any atom is 0.234 e. The lowest BCUT2D eigenvalue weighted by Gasteiger charge is -2.05. The molecule has 0 unspecified atom stereocenters. The first-order valence-electron chi connectivity index (χ1n) is 5.96. The lowest BCUT2D eigenvalue weighted by Crippen LogP contribution is -2.14. The molecule has 2 rings (SSSR count). The lowest BCUT2D eigenvalue weighted by molar-refractivity contribution is -0.113. The van der Waals surface area contributed by atoms with Crippen LogP contribution in [0, 0.1) is 0 Å². The number of rotatable bonds is 5. The van der Waals surface area contributed by atoms with E-state index >= 15 is 0 Å². The number of hydrogen-bond acceptors (Lipinski definition) is 5. The average Bonchev–Trinajstić information content (AvgIpc) is 2.47. The molecule has 0 aliphatic heterocycles. The molecule has 0 saturated heterocycles. The number of nitrogens with zero attached hydrogens (tertiary/aromatic N) is 2. The highest BCUT2D eigenvalue weighted by Gasteiger charge is 2.05. The normalized spacial score (nSPS) is 10.1. The van der Waals surface area contributed by atoms with Crippen LogP contribution in [0.25, 0.3) is 0 Å². The second kappa shape index (κ2) is 6.81. The first kappa shape index (κ1) is 14.2. The van der Waals surface area contributed by atoms with Crippen LogP contribution in [0.1, 0.15) is 17.3 Å². The third kappa shape index (κ3) is 4.17. The van der Waals surface area contributed by atoms with Crippen LogP contribution in [0.3, 0.4) is 0 Å². The summed E-state index contributed by atoms with van der Waals surface area (Å²) in [5.41, 5.74) is 1.28. The lowest BCUT2D eigenvalue weighted by atomic mass is 10.1. The van der Waals surface area contributed by atoms with Gasteiger partial charge in [0.2, 0.25) is 5.91 Å². The summed E-state index contributed by atoms with van der Waals surface area (Å²) in [6.45, 7) is 1.50. The molecule has 0 saturated carbocycles. The fraction of sp³-hybridized carbons (Fsp3) is 0.143. The molecule has 5 nitrogen and oxygen atoms in total. The van der Waals surface area contributed by atoms with Crippen molar-refractivity contribution in [3.63, 3.8) is 0 Å². The predicted molar refractivity (Wildman–Crippen MR) is 77.8 cm³/mol. The SMILES string of the molecule is CC(=O)c1ccc(NC(=O)CSc2ncccn2)cc1. The van der Waals surface area contributed by atoms with Gasteiger partial charge in [-0.2, -0.15) is 0 Å². The molecule has 1 heterocycles. The fourth-order valence-electron chi connectivity index (χ4n) is 1.48. The Bertz CT molecular complexity index is 600. The Hall–Kier alpha value is -2.21. The molecular weight excluding hydrogens is 274 g/mol. The summed E-state index contributed by atoms with van der Waals surface area (Å²) >= 11 is 1.27. The van der Waals surface area contributed by atoms with Crippen LogP contribution in [0.2, 0.25) is 0 Å². The van der Waals surface area contributed by atoms with Crippen LogP contribution < -0.4 is 5.32 Å². The minimum absolute atomic E-state index is 0.000316. The molecule has 0 aliphatic rings. The molecule has 1 aromatic carbocycles. The topological polar surface area (TPSA) is 72.0 Å². The second-order valence-corrected chi connectivity index (χ2v) is 4.94. The standard InChI is InChI=1S/C14H13N3O2S/c1-10(18)11-3-5-12(6-4-11)17-13(19)9-20-14-15-7-2-8-16-14/h2-8H,9H2,1H3,(H,17,19). The van der Waals surface area contributed by atoms with E-state index in [2.05, 4.69) is 15.3 Å². The van der Waals surface area contributed by atoms with Crippen LogP contribution >= 0.6 is 11.8 Å². The van der Waals surface area contributed by atoms with Gasteiger partial charge in [-0.1, -0.05) is 11.8 Å². The third-order valence-electron chi connectivity index (χ3n) is 2.45. The van der Waals surface area contributed by atoms with Crippen LogP contribution in [-0.2, 0) is 4.79 Å². The van der Waals surface area contributed by atoms with Gasteiger partial charge in [-0.05, 0) is 37.3 Å². The highest BCUT2D eigenvalue weighted by atomic mass is 32.2. The molecule has 1 aromatic heterocycles. The van der Waals surface area contributed by atoms with Crippen molar-refractivity contribution in [3.8, 4) is 0 Å². The fourth-order valence-corrected chi connectivity index (χ4v) is 2.08. The molecule has 0 radical (unpaired) electrons. The first-order valence-corrected chi connectivity index (χ1v) is 6.94. The highest BCUT2D eigenvalue weighted by Crippen LogP contribution is 2.13. The van der Waals surface area contributed by atoms with Crippen LogP contribution in [0.15, 0.2) is 47.9 Å². The van der Waals surface area contributed by atoms with Gasteiger partial charge >= 0.3 is 0 Å². The van der Waals surface area contributed by atoms with E-state index in [1.165, 1.54) is 18.7 Å². The number of nitrogens with one attached hydrogen (secondary N) is 1. The zero-order valence-corrected chi connectivity index (χ0v) is 11.7. The quantitative estimate of drug-likeness (QED) is 0.519. The van der Waals surface area contributed by atoms with Crippen molar-refractivity contribution in [2.75, 3.05) is 11.1 Å². The smallest absolute Gasteiger partial charge is 0.234 e. The molecule has 0 fully saturated rings. The number of benzene rings is 1. The predicted octanol–water partition coefficient (Wildman–Crippen LogP) is 2.41. The molecule has 2 aromatic rings. The number of amides is 1. The maximum absolute atomic E-state index is 11.8. The van der Waals surface area contributed by atoms with Crippen molar-refractivity contribution in [1.29, 1.82) is 0 Å². The second-order valence-electron chi connectivity index (χ2n) is 4.00. The molecule has 6 heteroatoms. The van der Waals surface area contributed by atoms with Gasteiger partial charge in [0.1, 0.15) is 0 Å². The minimum atomic E-state index is -0.141. The van der Waals surface area contributed by atoms with Crippen LogP contribution in [-0.4, -0.2) is 27.4 Å². The largest absolute Gasteiger partial charge is 0.325 e. The minimum Gasteiger partial charge on any atom is -0.325 e. The van der Waals surface area contributed by atoms with Crippen molar-refractivity contribution in [2.45, 2.75) is 12.1 Å². The summed E-state index contributed by atoms with van der Waals surface area (Å²) < 4.78 is 0. The van der Waals surface area contributed by atoms with E-state index in [0.717, 1.165) is 0 Å². The average molecular weight is 287 g/mol. The molecule has 1 amide bonds. The van der Waals surface area contributed by atoms with Gasteiger partial charge in [0.05, 0.1) is 5.75 Å². The number of Topliss-reactive ketones (excluding diaryl/α,β-unsaturated/α-hetero) is 1. The van der Waals surface area contributed by atoms with Crippen molar-refractivity contribution in [2.24, 2.45) is 0 Å². The number of carbonyl (C=O) groups is 2. The van der Waals surface area contributed by atoms with Gasteiger partial charge in [0.15, 0.2) is 10.9 Å². The summed E-state index contributed by atoms with van der Waals surface area (Å²) in [5, 5.41) is 3.32. The number of anilines is 1. The number of carbonyl (C=O) groups excluding carboxylic acids is 2.